The van der Waals surface area contributed by atoms with Crippen molar-refractivity contribution in [3.05, 3.63) is 12.2 Å². The van der Waals surface area contributed by atoms with E-state index >= 15 is 0 Å². The maximum atomic E-state index is 4.02. The molecule has 3 atom stereocenters. The van der Waals surface area contributed by atoms with E-state index < -0.39 is 0 Å². The van der Waals surface area contributed by atoms with Gasteiger partial charge in [0.1, 0.15) is 0 Å². The fourth-order valence-electron chi connectivity index (χ4n) is 1.81. The molecule has 0 aromatic rings. The highest BCUT2D eigenvalue weighted by molar-refractivity contribution is 4.94. The van der Waals surface area contributed by atoms with Crippen LogP contribution in [-0.2, 0) is 0 Å². The Labute approximate surface area is 90.8 Å². The monoisotopic (exact) mass is 196 g/mol. The average Bonchev–Trinajstić information content (AvgIpc) is 2.03. The molecule has 0 aliphatic heterocycles. The molecule has 14 heavy (non-hydrogen) atoms. The molecule has 0 saturated heterocycles. The molecule has 0 nitrogen and oxygen atoms in total. The Bertz CT molecular complexity index is 167. The van der Waals surface area contributed by atoms with Crippen molar-refractivity contribution in [2.24, 2.45) is 23.7 Å². The van der Waals surface area contributed by atoms with E-state index in [1.807, 2.05) is 0 Å². The Morgan fingerprint density at radius 3 is 1.86 bits per heavy atom. The molecule has 0 radical (unpaired) electrons. The van der Waals surface area contributed by atoms with Gasteiger partial charge in [0.05, 0.1) is 0 Å². The van der Waals surface area contributed by atoms with Gasteiger partial charge >= 0.3 is 0 Å². The average molecular weight is 196 g/mol. The van der Waals surface area contributed by atoms with Crippen LogP contribution in [0.1, 0.15) is 54.4 Å². The molecule has 0 amide bonds. The number of hydrogen-bond acceptors (Lipinski definition) is 0. The predicted molar refractivity (Wildman–Crippen MR) is 66.4 cm³/mol. The lowest BCUT2D eigenvalue weighted by Crippen LogP contribution is -2.11. The maximum Gasteiger partial charge on any atom is -0.0235 e. The zero-order chi connectivity index (χ0) is 11.3. The van der Waals surface area contributed by atoms with Crippen molar-refractivity contribution in [2.75, 3.05) is 0 Å². The highest BCUT2D eigenvalue weighted by Crippen LogP contribution is 2.26. The fraction of sp³-hybridized carbons (Fsp3) is 0.857. The summed E-state index contributed by atoms with van der Waals surface area (Å²) in [7, 11) is 0. The van der Waals surface area contributed by atoms with Crippen molar-refractivity contribution in [3.63, 3.8) is 0 Å². The molecule has 3 unspecified atom stereocenters. The Balaban J connectivity index is 3.86. The second-order valence-electron chi connectivity index (χ2n) is 5.55. The van der Waals surface area contributed by atoms with Gasteiger partial charge in [0, 0.05) is 0 Å². The number of rotatable bonds is 6. The van der Waals surface area contributed by atoms with Gasteiger partial charge in [-0.25, -0.2) is 0 Å². The third kappa shape index (κ3) is 5.47. The number of hydrogen-bond donors (Lipinski definition) is 0. The first-order valence-electron chi connectivity index (χ1n) is 6.00. The second kappa shape index (κ2) is 6.27. The third-order valence-corrected chi connectivity index (χ3v) is 3.51. The molecule has 0 bridgehead atoms. The third-order valence-electron chi connectivity index (χ3n) is 3.51. The van der Waals surface area contributed by atoms with E-state index in [0.29, 0.717) is 5.92 Å². The first-order chi connectivity index (χ1) is 6.34. The first kappa shape index (κ1) is 13.7. The second-order valence-corrected chi connectivity index (χ2v) is 5.55. The normalized spacial score (nSPS) is 17.9. The van der Waals surface area contributed by atoms with Crippen LogP contribution in [0.25, 0.3) is 0 Å². The van der Waals surface area contributed by atoms with Crippen LogP contribution in [0.5, 0.6) is 0 Å². The molecule has 0 heterocycles. The summed E-state index contributed by atoms with van der Waals surface area (Å²) in [5, 5.41) is 0. The zero-order valence-corrected chi connectivity index (χ0v) is 10.9. The number of allylic oxidation sites excluding steroid dienone is 1. The summed E-state index contributed by atoms with van der Waals surface area (Å²) in [6.45, 7) is 17.8. The highest BCUT2D eigenvalue weighted by Gasteiger charge is 2.14. The van der Waals surface area contributed by atoms with Crippen molar-refractivity contribution in [1.82, 2.24) is 0 Å². The standard InChI is InChI=1S/C14H28/c1-10(2)13(6)8-12(5)9-14(7)11(3)4/h11-14H,1,8-9H2,2-7H3. The van der Waals surface area contributed by atoms with E-state index in [2.05, 4.69) is 48.1 Å². The van der Waals surface area contributed by atoms with Crippen LogP contribution in [0, 0.1) is 23.7 Å². The fourth-order valence-corrected chi connectivity index (χ4v) is 1.81. The van der Waals surface area contributed by atoms with E-state index in [0.717, 1.165) is 17.8 Å². The van der Waals surface area contributed by atoms with Crippen LogP contribution < -0.4 is 0 Å². The minimum absolute atomic E-state index is 0.685. The van der Waals surface area contributed by atoms with Crippen LogP contribution >= 0.6 is 0 Å². The summed E-state index contributed by atoms with van der Waals surface area (Å²) >= 11 is 0. The molecule has 84 valence electrons. The van der Waals surface area contributed by atoms with Crippen LogP contribution in [-0.4, -0.2) is 0 Å². The van der Waals surface area contributed by atoms with Crippen molar-refractivity contribution >= 4 is 0 Å². The molecular weight excluding hydrogens is 168 g/mol. The Morgan fingerprint density at radius 2 is 1.50 bits per heavy atom. The van der Waals surface area contributed by atoms with Crippen molar-refractivity contribution in [2.45, 2.75) is 54.4 Å². The van der Waals surface area contributed by atoms with Gasteiger partial charge in [-0.05, 0) is 43.4 Å². The van der Waals surface area contributed by atoms with Crippen LogP contribution in [0.15, 0.2) is 12.2 Å². The predicted octanol–water partition coefficient (Wildman–Crippen LogP) is 4.91. The van der Waals surface area contributed by atoms with Gasteiger partial charge in [-0.1, -0.05) is 46.8 Å². The molecule has 0 rings (SSSR count). The smallest absolute Gasteiger partial charge is 0.0235 e. The summed E-state index contributed by atoms with van der Waals surface area (Å²) in [5.41, 5.74) is 1.33. The minimum Gasteiger partial charge on any atom is -0.0999 e. The van der Waals surface area contributed by atoms with Crippen molar-refractivity contribution in [1.29, 1.82) is 0 Å². The molecule has 0 saturated carbocycles. The van der Waals surface area contributed by atoms with E-state index in [4.69, 9.17) is 0 Å². The largest absolute Gasteiger partial charge is 0.0999 e. The van der Waals surface area contributed by atoms with Gasteiger partial charge in [0.25, 0.3) is 0 Å². The van der Waals surface area contributed by atoms with Gasteiger partial charge in [-0.3, -0.25) is 0 Å². The lowest BCUT2D eigenvalue weighted by Gasteiger charge is -2.22. The topological polar surface area (TPSA) is 0 Å². The van der Waals surface area contributed by atoms with Gasteiger partial charge < -0.3 is 0 Å². The quantitative estimate of drug-likeness (QED) is 0.530. The Kier molecular flexibility index (Phi) is 6.15. The van der Waals surface area contributed by atoms with E-state index in [9.17, 15) is 0 Å². The summed E-state index contributed by atoms with van der Waals surface area (Å²) in [6, 6.07) is 0. The van der Waals surface area contributed by atoms with Crippen molar-refractivity contribution in [3.8, 4) is 0 Å². The molecule has 0 aliphatic carbocycles. The highest BCUT2D eigenvalue weighted by atomic mass is 14.2. The summed E-state index contributed by atoms with van der Waals surface area (Å²) in [5.74, 6) is 3.18. The molecule has 0 fully saturated rings. The van der Waals surface area contributed by atoms with E-state index in [1.54, 1.807) is 0 Å². The van der Waals surface area contributed by atoms with Crippen LogP contribution in [0.4, 0.5) is 0 Å². The molecule has 0 spiro atoms. The van der Waals surface area contributed by atoms with Gasteiger partial charge in [-0.15, -0.1) is 0 Å². The maximum absolute atomic E-state index is 4.02. The van der Waals surface area contributed by atoms with E-state index in [1.165, 1.54) is 18.4 Å². The molecular formula is C14H28. The molecule has 0 heteroatoms. The van der Waals surface area contributed by atoms with Crippen LogP contribution in [0.2, 0.25) is 0 Å². The first-order valence-corrected chi connectivity index (χ1v) is 6.00. The lowest BCUT2D eigenvalue weighted by atomic mass is 9.83. The molecule has 0 aliphatic rings. The van der Waals surface area contributed by atoms with Gasteiger partial charge in [-0.2, -0.15) is 0 Å². The van der Waals surface area contributed by atoms with Gasteiger partial charge in [0.15, 0.2) is 0 Å². The van der Waals surface area contributed by atoms with Gasteiger partial charge in [0.2, 0.25) is 0 Å². The summed E-state index contributed by atoms with van der Waals surface area (Å²) < 4.78 is 0. The Hall–Kier alpha value is -0.260. The molecule has 0 N–H and O–H groups in total. The molecule has 0 aromatic heterocycles. The Morgan fingerprint density at radius 1 is 1.00 bits per heavy atom. The zero-order valence-electron chi connectivity index (χ0n) is 10.9. The SMILES string of the molecule is C=C(C)C(C)CC(C)CC(C)C(C)C. The lowest BCUT2D eigenvalue weighted by molar-refractivity contribution is 0.305. The van der Waals surface area contributed by atoms with Crippen LogP contribution in [0.3, 0.4) is 0 Å². The summed E-state index contributed by atoms with van der Waals surface area (Å²) in [6.07, 6.45) is 2.65. The molecule has 0 aromatic carbocycles. The summed E-state index contributed by atoms with van der Waals surface area (Å²) in [4.78, 5) is 0. The minimum atomic E-state index is 0.685. The van der Waals surface area contributed by atoms with Crippen molar-refractivity contribution < 1.29 is 0 Å². The van der Waals surface area contributed by atoms with E-state index in [-0.39, 0.29) is 0 Å².